The summed E-state index contributed by atoms with van der Waals surface area (Å²) in [6.07, 6.45) is 3.77. The van der Waals surface area contributed by atoms with Gasteiger partial charge in [-0.2, -0.15) is 0 Å². The summed E-state index contributed by atoms with van der Waals surface area (Å²) in [6, 6.07) is 13.9. The Kier molecular flexibility index (Phi) is 5.71. The molecule has 1 aliphatic heterocycles. The minimum absolute atomic E-state index is 0.0397. The van der Waals surface area contributed by atoms with Gasteiger partial charge in [0.05, 0.1) is 5.52 Å². The number of nitrogens with zero attached hydrogens (tertiary/aromatic N) is 2. The molecule has 6 nitrogen and oxygen atoms in total. The molecule has 3 aromatic rings. The summed E-state index contributed by atoms with van der Waals surface area (Å²) >= 11 is 0. The first-order valence-electron chi connectivity index (χ1n) is 10.2. The van der Waals surface area contributed by atoms with Crippen LogP contribution in [0, 0.1) is 0 Å². The van der Waals surface area contributed by atoms with E-state index in [2.05, 4.69) is 40.8 Å². The van der Waals surface area contributed by atoms with Gasteiger partial charge in [-0.3, -0.25) is 4.79 Å². The molecule has 1 fully saturated rings. The Hall–Kier alpha value is -2.99. The molecule has 0 unspecified atom stereocenters. The van der Waals surface area contributed by atoms with E-state index < -0.39 is 0 Å². The van der Waals surface area contributed by atoms with Crippen LogP contribution in [-0.2, 0) is 0 Å². The number of aromatic nitrogens is 2. The topological polar surface area (TPSA) is 78.9 Å². The summed E-state index contributed by atoms with van der Waals surface area (Å²) in [4.78, 5) is 21.8. The number of carbonyl (C=O) groups is 1. The molecule has 6 heteroatoms. The van der Waals surface area contributed by atoms with E-state index in [4.69, 9.17) is 4.98 Å². The number of hydrogen-bond donors (Lipinski definition) is 3. The van der Waals surface area contributed by atoms with Gasteiger partial charge in [0.25, 0.3) is 5.91 Å². The SMILES string of the molecule is CC(C)c1cccc2cnc(Nc3cccc(C(=O)NC4CCNCC4)c3)nc12. The van der Waals surface area contributed by atoms with Crippen molar-refractivity contribution >= 4 is 28.4 Å². The van der Waals surface area contributed by atoms with Crippen molar-refractivity contribution in [2.24, 2.45) is 0 Å². The van der Waals surface area contributed by atoms with Gasteiger partial charge in [-0.25, -0.2) is 9.97 Å². The molecule has 0 aliphatic carbocycles. The van der Waals surface area contributed by atoms with Crippen molar-refractivity contribution in [2.45, 2.75) is 38.6 Å². The quantitative estimate of drug-likeness (QED) is 0.615. The van der Waals surface area contributed by atoms with Gasteiger partial charge < -0.3 is 16.0 Å². The lowest BCUT2D eigenvalue weighted by Gasteiger charge is -2.23. The second-order valence-corrected chi connectivity index (χ2v) is 7.84. The zero-order chi connectivity index (χ0) is 20.2. The Morgan fingerprint density at radius 2 is 1.93 bits per heavy atom. The molecule has 0 radical (unpaired) electrons. The Labute approximate surface area is 171 Å². The third kappa shape index (κ3) is 4.54. The number of hydrogen-bond acceptors (Lipinski definition) is 5. The number of piperidine rings is 1. The van der Waals surface area contributed by atoms with Gasteiger partial charge >= 0.3 is 0 Å². The second-order valence-electron chi connectivity index (χ2n) is 7.84. The van der Waals surface area contributed by atoms with E-state index in [0.717, 1.165) is 42.5 Å². The maximum Gasteiger partial charge on any atom is 0.251 e. The second kappa shape index (κ2) is 8.57. The number of nitrogens with one attached hydrogen (secondary N) is 3. The lowest BCUT2D eigenvalue weighted by atomic mass is 10.0. The summed E-state index contributed by atoms with van der Waals surface area (Å²) < 4.78 is 0. The fourth-order valence-corrected chi connectivity index (χ4v) is 3.71. The predicted octanol–water partition coefficient (Wildman–Crippen LogP) is 3.98. The molecule has 3 N–H and O–H groups in total. The highest BCUT2D eigenvalue weighted by Crippen LogP contribution is 2.25. The molecule has 150 valence electrons. The number of benzene rings is 2. The summed E-state index contributed by atoms with van der Waals surface area (Å²) in [6.45, 7) is 6.22. The van der Waals surface area contributed by atoms with Crippen LogP contribution in [0.3, 0.4) is 0 Å². The molecule has 0 bridgehead atoms. The fraction of sp³-hybridized carbons (Fsp3) is 0.348. The van der Waals surface area contributed by atoms with Crippen LogP contribution in [-0.4, -0.2) is 35.0 Å². The van der Waals surface area contributed by atoms with Crippen LogP contribution in [0.25, 0.3) is 10.9 Å². The molecule has 1 amide bonds. The highest BCUT2D eigenvalue weighted by Gasteiger charge is 2.16. The molecule has 2 heterocycles. The number of fused-ring (bicyclic) bond motifs is 1. The van der Waals surface area contributed by atoms with Crippen molar-refractivity contribution in [2.75, 3.05) is 18.4 Å². The Balaban J connectivity index is 1.53. The van der Waals surface area contributed by atoms with Gasteiger partial charge in [-0.05, 0) is 55.6 Å². The highest BCUT2D eigenvalue weighted by atomic mass is 16.1. The molecule has 0 saturated carbocycles. The molecule has 0 spiro atoms. The van der Waals surface area contributed by atoms with Crippen LogP contribution in [0.4, 0.5) is 11.6 Å². The Bertz CT molecular complexity index is 1010. The van der Waals surface area contributed by atoms with Gasteiger partial charge in [0, 0.05) is 28.9 Å². The van der Waals surface area contributed by atoms with Crippen molar-refractivity contribution in [3.05, 3.63) is 59.8 Å². The molecule has 1 saturated heterocycles. The number of para-hydroxylation sites is 1. The van der Waals surface area contributed by atoms with Gasteiger partial charge in [0.1, 0.15) is 0 Å². The first-order valence-corrected chi connectivity index (χ1v) is 10.2. The standard InChI is InChI=1S/C23H27N5O/c1-15(2)20-8-4-6-17-14-25-23(28-21(17)20)27-19-7-3-5-16(13-19)22(29)26-18-9-11-24-12-10-18/h3-8,13-15,18,24H,9-12H2,1-2H3,(H,26,29)(H,25,27,28). The maximum atomic E-state index is 12.6. The number of amides is 1. The van der Waals surface area contributed by atoms with Crippen LogP contribution in [0.5, 0.6) is 0 Å². The third-order valence-corrected chi connectivity index (χ3v) is 5.32. The van der Waals surface area contributed by atoms with Crippen LogP contribution >= 0.6 is 0 Å². The zero-order valence-electron chi connectivity index (χ0n) is 16.9. The minimum Gasteiger partial charge on any atom is -0.349 e. The molecule has 4 rings (SSSR count). The maximum absolute atomic E-state index is 12.6. The van der Waals surface area contributed by atoms with Crippen molar-refractivity contribution in [3.8, 4) is 0 Å². The molecule has 1 aliphatic rings. The van der Waals surface area contributed by atoms with E-state index in [9.17, 15) is 4.79 Å². The lowest BCUT2D eigenvalue weighted by molar-refractivity contribution is 0.0929. The molecule has 1 aromatic heterocycles. The number of carbonyl (C=O) groups excluding carboxylic acids is 1. The minimum atomic E-state index is -0.0397. The van der Waals surface area contributed by atoms with Gasteiger partial charge in [0.15, 0.2) is 0 Å². The van der Waals surface area contributed by atoms with Gasteiger partial charge in [-0.1, -0.05) is 38.1 Å². The third-order valence-electron chi connectivity index (χ3n) is 5.32. The zero-order valence-corrected chi connectivity index (χ0v) is 16.9. The van der Waals surface area contributed by atoms with Crippen molar-refractivity contribution in [1.29, 1.82) is 0 Å². The average molecular weight is 390 g/mol. The molecular formula is C23H27N5O. The van der Waals surface area contributed by atoms with E-state index in [1.807, 2.05) is 42.6 Å². The van der Waals surface area contributed by atoms with Gasteiger partial charge in [-0.15, -0.1) is 0 Å². The highest BCUT2D eigenvalue weighted by molar-refractivity contribution is 5.95. The fourth-order valence-electron chi connectivity index (χ4n) is 3.71. The average Bonchev–Trinajstić information content (AvgIpc) is 2.74. The smallest absolute Gasteiger partial charge is 0.251 e. The molecule has 2 aromatic carbocycles. The first-order chi connectivity index (χ1) is 14.1. The lowest BCUT2D eigenvalue weighted by Crippen LogP contribution is -2.42. The van der Waals surface area contributed by atoms with Crippen LogP contribution in [0.1, 0.15) is 48.5 Å². The number of rotatable bonds is 5. The first kappa shape index (κ1) is 19.3. The molecule has 29 heavy (non-hydrogen) atoms. The van der Waals surface area contributed by atoms with Gasteiger partial charge in [0.2, 0.25) is 5.95 Å². The monoisotopic (exact) mass is 389 g/mol. The molecule has 0 atom stereocenters. The van der Waals surface area contributed by atoms with E-state index in [1.165, 1.54) is 5.56 Å². The summed E-state index contributed by atoms with van der Waals surface area (Å²) in [7, 11) is 0. The van der Waals surface area contributed by atoms with E-state index in [0.29, 0.717) is 17.4 Å². The Morgan fingerprint density at radius 1 is 1.14 bits per heavy atom. The van der Waals surface area contributed by atoms with Crippen molar-refractivity contribution < 1.29 is 4.79 Å². The van der Waals surface area contributed by atoms with Crippen LogP contribution < -0.4 is 16.0 Å². The van der Waals surface area contributed by atoms with E-state index >= 15 is 0 Å². The van der Waals surface area contributed by atoms with Crippen molar-refractivity contribution in [1.82, 2.24) is 20.6 Å². The van der Waals surface area contributed by atoms with Crippen LogP contribution in [0.2, 0.25) is 0 Å². The summed E-state index contributed by atoms with van der Waals surface area (Å²) in [5.41, 5.74) is 3.59. The normalized spacial score (nSPS) is 14.9. The summed E-state index contributed by atoms with van der Waals surface area (Å²) in [5.74, 6) is 0.868. The predicted molar refractivity (Wildman–Crippen MR) is 117 cm³/mol. The van der Waals surface area contributed by atoms with E-state index in [1.54, 1.807) is 0 Å². The van der Waals surface area contributed by atoms with E-state index in [-0.39, 0.29) is 11.9 Å². The number of anilines is 2. The van der Waals surface area contributed by atoms with Crippen molar-refractivity contribution in [3.63, 3.8) is 0 Å². The Morgan fingerprint density at radius 3 is 2.72 bits per heavy atom. The summed E-state index contributed by atoms with van der Waals surface area (Å²) in [5, 5.41) is 10.7. The largest absolute Gasteiger partial charge is 0.349 e. The van der Waals surface area contributed by atoms with Crippen LogP contribution in [0.15, 0.2) is 48.7 Å². The molecular weight excluding hydrogens is 362 g/mol.